The Morgan fingerprint density at radius 1 is 1.09 bits per heavy atom. The molecule has 0 bridgehead atoms. The fourth-order valence-electron chi connectivity index (χ4n) is 3.64. The molecule has 0 saturated carbocycles. The van der Waals surface area contributed by atoms with Gasteiger partial charge >= 0.3 is 0 Å². The van der Waals surface area contributed by atoms with E-state index in [9.17, 15) is 9.18 Å². The van der Waals surface area contributed by atoms with Gasteiger partial charge in [0.2, 0.25) is 5.91 Å². The molecule has 0 aliphatic heterocycles. The minimum absolute atomic E-state index is 0.0175. The van der Waals surface area contributed by atoms with Crippen LogP contribution in [-0.2, 0) is 4.79 Å². The van der Waals surface area contributed by atoms with Crippen LogP contribution in [-0.4, -0.2) is 26.4 Å². The number of amides is 1. The highest BCUT2D eigenvalue weighted by Gasteiger charge is 2.22. The molecule has 0 saturated heterocycles. The normalized spacial score (nSPS) is 11.2. The Balaban J connectivity index is 1.70. The molecule has 0 fully saturated rings. The number of hydrogen-bond donors (Lipinski definition) is 1. The van der Waals surface area contributed by atoms with Gasteiger partial charge in [0.05, 0.1) is 22.2 Å². The number of carbonyl (C=O) groups excluding carboxylic acids is 1. The molecular formula is C26H23Cl2FN4OS. The van der Waals surface area contributed by atoms with Crippen molar-refractivity contribution in [1.29, 1.82) is 0 Å². The minimum atomic E-state index is -0.475. The molecule has 5 nitrogen and oxygen atoms in total. The van der Waals surface area contributed by atoms with Crippen LogP contribution in [0.25, 0.3) is 17.1 Å². The molecule has 180 valence electrons. The van der Waals surface area contributed by atoms with E-state index in [1.165, 1.54) is 17.8 Å². The molecule has 1 N–H and O–H groups in total. The van der Waals surface area contributed by atoms with Gasteiger partial charge in [0, 0.05) is 10.6 Å². The second kappa shape index (κ2) is 10.8. The maximum Gasteiger partial charge on any atom is 0.234 e. The number of aromatic nitrogens is 3. The molecular weight excluding hydrogens is 506 g/mol. The lowest BCUT2D eigenvalue weighted by molar-refractivity contribution is -0.113. The van der Waals surface area contributed by atoms with Crippen LogP contribution in [0, 0.1) is 12.7 Å². The average Bonchev–Trinajstić information content (AvgIpc) is 3.23. The molecule has 9 heteroatoms. The Labute approximate surface area is 217 Å². The van der Waals surface area contributed by atoms with Crippen LogP contribution >= 0.6 is 35.0 Å². The summed E-state index contributed by atoms with van der Waals surface area (Å²) in [5, 5.41) is 12.9. The topological polar surface area (TPSA) is 59.8 Å². The third-order valence-electron chi connectivity index (χ3n) is 5.34. The summed E-state index contributed by atoms with van der Waals surface area (Å²) >= 11 is 13.8. The molecule has 0 aliphatic carbocycles. The highest BCUT2D eigenvalue weighted by molar-refractivity contribution is 7.99. The van der Waals surface area contributed by atoms with Gasteiger partial charge in [-0.15, -0.1) is 10.2 Å². The summed E-state index contributed by atoms with van der Waals surface area (Å²) in [6.07, 6.45) is 0. The van der Waals surface area contributed by atoms with E-state index in [1.54, 1.807) is 37.3 Å². The number of para-hydroxylation sites is 1. The summed E-state index contributed by atoms with van der Waals surface area (Å²) in [6.45, 7) is 6.00. The molecule has 4 rings (SSSR count). The van der Waals surface area contributed by atoms with Crippen molar-refractivity contribution in [2.24, 2.45) is 0 Å². The predicted octanol–water partition coefficient (Wildman–Crippen LogP) is 7.54. The van der Waals surface area contributed by atoms with Crippen molar-refractivity contribution >= 4 is 46.6 Å². The number of hydrogen-bond acceptors (Lipinski definition) is 4. The van der Waals surface area contributed by atoms with E-state index in [2.05, 4.69) is 35.4 Å². The lowest BCUT2D eigenvalue weighted by atomic mass is 10.0. The van der Waals surface area contributed by atoms with Crippen LogP contribution in [0.15, 0.2) is 65.8 Å². The zero-order valence-electron chi connectivity index (χ0n) is 19.3. The van der Waals surface area contributed by atoms with Crippen LogP contribution in [0.1, 0.15) is 30.9 Å². The van der Waals surface area contributed by atoms with Crippen LogP contribution in [0.4, 0.5) is 10.1 Å². The van der Waals surface area contributed by atoms with Crippen molar-refractivity contribution in [3.8, 4) is 17.1 Å². The predicted molar refractivity (Wildman–Crippen MR) is 141 cm³/mol. The summed E-state index contributed by atoms with van der Waals surface area (Å²) in [5.74, 6) is -0.0449. The van der Waals surface area contributed by atoms with Crippen molar-refractivity contribution in [2.75, 3.05) is 11.1 Å². The minimum Gasteiger partial charge on any atom is -0.323 e. The summed E-state index contributed by atoms with van der Waals surface area (Å²) in [7, 11) is 0. The summed E-state index contributed by atoms with van der Waals surface area (Å²) in [4.78, 5) is 12.6. The van der Waals surface area contributed by atoms with Crippen molar-refractivity contribution in [2.45, 2.75) is 31.8 Å². The molecule has 1 amide bonds. The molecule has 1 aromatic heterocycles. The standard InChI is InChI=1S/C26H23Cl2FN4OS/c1-15(2)18-6-4-5-7-23(18)33-25(19-10-9-17(27)13-20(19)28)31-32-26(33)35-14-24(34)30-22-11-8-16(3)12-21(22)29/h4-13,15H,14H2,1-3H3,(H,30,34). The van der Waals surface area contributed by atoms with Crippen LogP contribution in [0.3, 0.4) is 0 Å². The van der Waals surface area contributed by atoms with Crippen molar-refractivity contribution < 1.29 is 9.18 Å². The lowest BCUT2D eigenvalue weighted by Crippen LogP contribution is -2.15. The van der Waals surface area contributed by atoms with Crippen LogP contribution in [0.2, 0.25) is 10.0 Å². The second-order valence-electron chi connectivity index (χ2n) is 8.30. The maximum atomic E-state index is 14.2. The van der Waals surface area contributed by atoms with Gasteiger partial charge in [0.1, 0.15) is 5.82 Å². The number of aryl methyl sites for hydroxylation is 1. The zero-order chi connectivity index (χ0) is 25.1. The molecule has 0 unspecified atom stereocenters. The third-order valence-corrected chi connectivity index (χ3v) is 6.81. The van der Waals surface area contributed by atoms with E-state index >= 15 is 0 Å². The fourth-order valence-corrected chi connectivity index (χ4v) is 4.88. The first kappa shape index (κ1) is 25.2. The average molecular weight is 529 g/mol. The van der Waals surface area contributed by atoms with E-state index in [0.29, 0.717) is 26.6 Å². The van der Waals surface area contributed by atoms with Crippen molar-refractivity contribution in [3.63, 3.8) is 0 Å². The summed E-state index contributed by atoms with van der Waals surface area (Å²) in [5.41, 5.74) is 3.56. The number of thioether (sulfide) groups is 1. The Kier molecular flexibility index (Phi) is 7.79. The molecule has 0 atom stereocenters. The van der Waals surface area contributed by atoms with Gasteiger partial charge in [0.15, 0.2) is 11.0 Å². The SMILES string of the molecule is Cc1ccc(NC(=O)CSc2nnc(-c3ccc(Cl)cc3Cl)n2-c2ccccc2C(C)C)c(F)c1. The third kappa shape index (κ3) is 5.69. The van der Waals surface area contributed by atoms with Gasteiger partial charge in [-0.25, -0.2) is 4.39 Å². The van der Waals surface area contributed by atoms with E-state index < -0.39 is 5.82 Å². The van der Waals surface area contributed by atoms with Gasteiger partial charge in [-0.3, -0.25) is 9.36 Å². The quantitative estimate of drug-likeness (QED) is 0.251. The van der Waals surface area contributed by atoms with E-state index in [1.807, 2.05) is 22.8 Å². The number of anilines is 1. The maximum absolute atomic E-state index is 14.2. The smallest absolute Gasteiger partial charge is 0.234 e. The number of benzene rings is 3. The Morgan fingerprint density at radius 3 is 2.57 bits per heavy atom. The molecule has 35 heavy (non-hydrogen) atoms. The molecule has 0 radical (unpaired) electrons. The monoisotopic (exact) mass is 528 g/mol. The number of halogens is 3. The van der Waals surface area contributed by atoms with Gasteiger partial charge in [-0.1, -0.05) is 73.1 Å². The van der Waals surface area contributed by atoms with E-state index in [-0.39, 0.29) is 23.3 Å². The highest BCUT2D eigenvalue weighted by Crippen LogP contribution is 2.35. The molecule has 3 aromatic carbocycles. The number of carbonyl (C=O) groups is 1. The number of nitrogens with one attached hydrogen (secondary N) is 1. The van der Waals surface area contributed by atoms with Gasteiger partial charge in [0.25, 0.3) is 0 Å². The fraction of sp³-hybridized carbons (Fsp3) is 0.192. The highest BCUT2D eigenvalue weighted by atomic mass is 35.5. The first-order chi connectivity index (χ1) is 16.7. The van der Waals surface area contributed by atoms with Crippen LogP contribution in [0.5, 0.6) is 0 Å². The Hall–Kier alpha value is -2.87. The first-order valence-corrected chi connectivity index (χ1v) is 12.7. The molecule has 0 spiro atoms. The lowest BCUT2D eigenvalue weighted by Gasteiger charge is -2.17. The van der Waals surface area contributed by atoms with Gasteiger partial charge < -0.3 is 5.32 Å². The van der Waals surface area contributed by atoms with E-state index in [0.717, 1.165) is 16.8 Å². The molecule has 1 heterocycles. The molecule has 4 aromatic rings. The number of rotatable bonds is 7. The number of nitrogens with zero attached hydrogens (tertiary/aromatic N) is 3. The Morgan fingerprint density at radius 2 is 1.86 bits per heavy atom. The Bertz CT molecular complexity index is 1390. The van der Waals surface area contributed by atoms with E-state index in [4.69, 9.17) is 23.2 Å². The second-order valence-corrected chi connectivity index (χ2v) is 10.1. The van der Waals surface area contributed by atoms with Gasteiger partial charge in [-0.2, -0.15) is 0 Å². The summed E-state index contributed by atoms with van der Waals surface area (Å²) < 4.78 is 16.1. The van der Waals surface area contributed by atoms with Crippen LogP contribution < -0.4 is 5.32 Å². The summed E-state index contributed by atoms with van der Waals surface area (Å²) in [6, 6.07) is 17.8. The van der Waals surface area contributed by atoms with Gasteiger partial charge in [-0.05, 0) is 60.4 Å². The van der Waals surface area contributed by atoms with Crippen molar-refractivity contribution in [1.82, 2.24) is 14.8 Å². The van der Waals surface area contributed by atoms with Crippen molar-refractivity contribution in [3.05, 3.63) is 87.7 Å². The largest absolute Gasteiger partial charge is 0.323 e. The first-order valence-electron chi connectivity index (χ1n) is 10.9. The molecule has 0 aliphatic rings. The zero-order valence-corrected chi connectivity index (χ0v) is 21.7.